The molecular formula is C34H42N2O6. The van der Waals surface area contributed by atoms with Gasteiger partial charge in [0.15, 0.2) is 0 Å². The Bertz CT molecular complexity index is 1290. The molecule has 4 amide bonds. The fourth-order valence-corrected chi connectivity index (χ4v) is 9.41. The lowest BCUT2D eigenvalue weighted by molar-refractivity contribution is -0.145. The highest BCUT2D eigenvalue weighted by Crippen LogP contribution is 2.59. The predicted molar refractivity (Wildman–Crippen MR) is 154 cm³/mol. The van der Waals surface area contributed by atoms with Crippen molar-refractivity contribution in [3.8, 4) is 5.75 Å². The number of benzene rings is 1. The number of aliphatic hydroxyl groups is 1. The third-order valence-corrected chi connectivity index (χ3v) is 11.2. The summed E-state index contributed by atoms with van der Waals surface area (Å²) in [6.45, 7) is -0.0178. The van der Waals surface area contributed by atoms with Crippen molar-refractivity contribution in [2.24, 2.45) is 29.6 Å². The molecule has 2 heterocycles. The van der Waals surface area contributed by atoms with Gasteiger partial charge >= 0.3 is 0 Å². The molecule has 0 aromatic heterocycles. The second kappa shape index (κ2) is 11.3. The SMILES string of the molecule is O=C1[C@H]2[C@H](CC=C3[C@H]2C[C@H]2C(=O)N(C4CCCCC4)C(=O)[C@H]2[C@H]3c2ccccc2OCCO)C(=O)N1C1CCCCC1. The van der Waals surface area contributed by atoms with Crippen molar-refractivity contribution in [1.29, 1.82) is 0 Å². The number of hydrogen-bond donors (Lipinski definition) is 1. The number of allylic oxidation sites excluding steroid dienone is 2. The Morgan fingerprint density at radius 2 is 1.31 bits per heavy atom. The molecule has 0 bridgehead atoms. The van der Waals surface area contributed by atoms with Gasteiger partial charge in [0.1, 0.15) is 12.4 Å². The summed E-state index contributed by atoms with van der Waals surface area (Å²) in [6, 6.07) is 7.51. The number of nitrogens with zero attached hydrogens (tertiary/aromatic N) is 2. The molecule has 0 unspecified atom stereocenters. The Morgan fingerprint density at radius 1 is 0.714 bits per heavy atom. The van der Waals surface area contributed by atoms with Gasteiger partial charge < -0.3 is 9.84 Å². The van der Waals surface area contributed by atoms with Crippen molar-refractivity contribution in [3.63, 3.8) is 0 Å². The standard InChI is InChI=1S/C34H42N2O6/c37-17-18-42-27-14-8-7-13-23(27)28-22-15-16-24-29(33(40)35(31(24)38)20-9-3-1-4-10-20)25(22)19-26-30(28)34(41)36(32(26)39)21-11-5-2-6-12-21/h7-8,13-15,20-21,24-26,28-30,37H,1-6,9-12,16-19H2/t24-,25+,26+,28+,29-,30+/m0/s1. The Labute approximate surface area is 247 Å². The Kier molecular flexibility index (Phi) is 7.45. The Hall–Kier alpha value is -3.00. The van der Waals surface area contributed by atoms with Gasteiger partial charge in [-0.15, -0.1) is 0 Å². The number of carbonyl (C=O) groups excluding carboxylic acids is 4. The van der Waals surface area contributed by atoms with Gasteiger partial charge in [-0.05, 0) is 50.5 Å². The number of fused-ring (bicyclic) bond motifs is 4. The maximum atomic E-state index is 14.3. The molecule has 1 aromatic carbocycles. The highest BCUT2D eigenvalue weighted by atomic mass is 16.5. The zero-order valence-corrected chi connectivity index (χ0v) is 24.3. The van der Waals surface area contributed by atoms with Gasteiger partial charge in [0.05, 0.1) is 30.3 Å². The second-order valence-corrected chi connectivity index (χ2v) is 13.3. The van der Waals surface area contributed by atoms with Gasteiger partial charge in [-0.25, -0.2) is 0 Å². The lowest BCUT2D eigenvalue weighted by atomic mass is 9.57. The van der Waals surface area contributed by atoms with Crippen molar-refractivity contribution in [2.75, 3.05) is 13.2 Å². The monoisotopic (exact) mass is 574 g/mol. The summed E-state index contributed by atoms with van der Waals surface area (Å²) in [4.78, 5) is 59.6. The van der Waals surface area contributed by atoms with Crippen LogP contribution in [0.25, 0.3) is 0 Å². The summed E-state index contributed by atoms with van der Waals surface area (Å²) < 4.78 is 5.98. The van der Waals surface area contributed by atoms with Crippen LogP contribution >= 0.6 is 0 Å². The highest BCUT2D eigenvalue weighted by molar-refractivity contribution is 6.08. The molecule has 2 saturated heterocycles. The first-order valence-electron chi connectivity index (χ1n) is 16.3. The van der Waals surface area contributed by atoms with Gasteiger partial charge in [-0.3, -0.25) is 29.0 Å². The van der Waals surface area contributed by atoms with E-state index >= 15 is 0 Å². The molecule has 1 N–H and O–H groups in total. The van der Waals surface area contributed by atoms with Crippen LogP contribution in [0.2, 0.25) is 0 Å². The summed E-state index contributed by atoms with van der Waals surface area (Å²) in [5, 5.41) is 9.50. The molecule has 1 aromatic rings. The number of para-hydroxylation sites is 1. The van der Waals surface area contributed by atoms with E-state index in [0.717, 1.165) is 75.3 Å². The van der Waals surface area contributed by atoms with Crippen LogP contribution in [-0.4, -0.2) is 63.8 Å². The third kappa shape index (κ3) is 4.35. The number of rotatable bonds is 6. The van der Waals surface area contributed by atoms with Crippen molar-refractivity contribution < 1.29 is 29.0 Å². The van der Waals surface area contributed by atoms with E-state index in [-0.39, 0.29) is 54.8 Å². The van der Waals surface area contributed by atoms with E-state index in [1.165, 1.54) is 0 Å². The lowest BCUT2D eigenvalue weighted by Gasteiger charge is -2.44. The number of amides is 4. The summed E-state index contributed by atoms with van der Waals surface area (Å²) in [5.74, 6) is -2.38. The number of aliphatic hydroxyl groups excluding tert-OH is 1. The maximum absolute atomic E-state index is 14.3. The molecule has 8 heteroatoms. The van der Waals surface area contributed by atoms with E-state index < -0.39 is 29.6 Å². The van der Waals surface area contributed by atoms with Crippen LogP contribution in [-0.2, 0) is 19.2 Å². The molecule has 6 atom stereocenters. The van der Waals surface area contributed by atoms with E-state index in [4.69, 9.17) is 4.74 Å². The maximum Gasteiger partial charge on any atom is 0.234 e. The van der Waals surface area contributed by atoms with Gasteiger partial charge in [0, 0.05) is 23.6 Å². The van der Waals surface area contributed by atoms with Crippen molar-refractivity contribution >= 4 is 23.6 Å². The van der Waals surface area contributed by atoms with Crippen molar-refractivity contribution in [2.45, 2.75) is 95.1 Å². The fraction of sp³-hybridized carbons (Fsp3) is 0.647. The number of imide groups is 2. The summed E-state index contributed by atoms with van der Waals surface area (Å²) >= 11 is 0. The van der Waals surface area contributed by atoms with E-state index in [1.54, 1.807) is 9.80 Å². The number of likely N-dealkylation sites (tertiary alicyclic amines) is 2. The van der Waals surface area contributed by atoms with Crippen LogP contribution in [0.5, 0.6) is 5.75 Å². The number of ether oxygens (including phenoxy) is 1. The molecule has 2 aliphatic heterocycles. The molecule has 5 fully saturated rings. The first-order chi connectivity index (χ1) is 20.5. The minimum Gasteiger partial charge on any atom is -0.491 e. The normalized spacial score (nSPS) is 33.9. The Morgan fingerprint density at radius 3 is 1.95 bits per heavy atom. The van der Waals surface area contributed by atoms with E-state index in [9.17, 15) is 24.3 Å². The average molecular weight is 575 g/mol. The zero-order valence-electron chi connectivity index (χ0n) is 24.3. The fourth-order valence-electron chi connectivity index (χ4n) is 9.41. The first kappa shape index (κ1) is 27.8. The van der Waals surface area contributed by atoms with Gasteiger partial charge in [0.25, 0.3) is 0 Å². The van der Waals surface area contributed by atoms with Crippen LogP contribution in [0.4, 0.5) is 0 Å². The van der Waals surface area contributed by atoms with Gasteiger partial charge in [0.2, 0.25) is 23.6 Å². The molecule has 42 heavy (non-hydrogen) atoms. The van der Waals surface area contributed by atoms with E-state index in [2.05, 4.69) is 6.08 Å². The third-order valence-electron chi connectivity index (χ3n) is 11.2. The van der Waals surface area contributed by atoms with Crippen LogP contribution in [0, 0.1) is 29.6 Å². The van der Waals surface area contributed by atoms with Crippen molar-refractivity contribution in [3.05, 3.63) is 41.5 Å². The quantitative estimate of drug-likeness (QED) is 0.400. The highest BCUT2D eigenvalue weighted by Gasteiger charge is 2.63. The topological polar surface area (TPSA) is 104 Å². The molecule has 6 aliphatic rings. The van der Waals surface area contributed by atoms with Crippen LogP contribution < -0.4 is 4.74 Å². The number of carbonyl (C=O) groups is 4. The molecule has 0 spiro atoms. The van der Waals surface area contributed by atoms with Gasteiger partial charge in [-0.2, -0.15) is 0 Å². The van der Waals surface area contributed by atoms with Crippen LogP contribution in [0.15, 0.2) is 35.9 Å². The van der Waals surface area contributed by atoms with Gasteiger partial charge in [-0.1, -0.05) is 68.4 Å². The lowest BCUT2D eigenvalue weighted by Crippen LogP contribution is -2.44. The average Bonchev–Trinajstić information content (AvgIpc) is 3.43. The molecule has 8 nitrogen and oxygen atoms in total. The smallest absolute Gasteiger partial charge is 0.234 e. The minimum atomic E-state index is -0.556. The molecule has 0 radical (unpaired) electrons. The molecule has 3 saturated carbocycles. The van der Waals surface area contributed by atoms with Crippen LogP contribution in [0.3, 0.4) is 0 Å². The van der Waals surface area contributed by atoms with E-state index in [1.807, 2.05) is 24.3 Å². The largest absolute Gasteiger partial charge is 0.491 e. The zero-order chi connectivity index (χ0) is 29.0. The summed E-state index contributed by atoms with van der Waals surface area (Å²) in [6.07, 6.45) is 12.8. The van der Waals surface area contributed by atoms with E-state index in [0.29, 0.717) is 18.6 Å². The van der Waals surface area contributed by atoms with Crippen LogP contribution in [0.1, 0.15) is 88.5 Å². The Balaban J connectivity index is 1.30. The first-order valence-corrected chi connectivity index (χ1v) is 16.3. The number of hydrogen-bond acceptors (Lipinski definition) is 6. The predicted octanol–water partition coefficient (Wildman–Crippen LogP) is 4.36. The van der Waals surface area contributed by atoms with Crippen molar-refractivity contribution in [1.82, 2.24) is 9.80 Å². The summed E-state index contributed by atoms with van der Waals surface area (Å²) in [7, 11) is 0. The molecular weight excluding hydrogens is 532 g/mol. The minimum absolute atomic E-state index is 0.0240. The summed E-state index contributed by atoms with van der Waals surface area (Å²) in [5.41, 5.74) is 1.83. The molecule has 7 rings (SSSR count). The molecule has 4 aliphatic carbocycles. The second-order valence-electron chi connectivity index (χ2n) is 13.3. The molecule has 224 valence electrons.